The third-order valence-corrected chi connectivity index (χ3v) is 4.37. The lowest BCUT2D eigenvalue weighted by Gasteiger charge is -2.52. The van der Waals surface area contributed by atoms with E-state index in [1.54, 1.807) is 0 Å². The third kappa shape index (κ3) is 2.63. The largest absolute Gasteiger partial charge is 0.363 e. The van der Waals surface area contributed by atoms with Gasteiger partial charge in [-0.15, -0.1) is 0 Å². The van der Waals surface area contributed by atoms with Gasteiger partial charge in [0.25, 0.3) is 0 Å². The van der Waals surface area contributed by atoms with Crippen LogP contribution in [0.3, 0.4) is 0 Å². The number of hydrogen-bond acceptors (Lipinski definition) is 3. The summed E-state index contributed by atoms with van der Waals surface area (Å²) in [7, 11) is 2.18. The van der Waals surface area contributed by atoms with Crippen LogP contribution >= 0.6 is 0 Å². The quantitative estimate of drug-likeness (QED) is 0.885. The second-order valence-corrected chi connectivity index (χ2v) is 6.47. The van der Waals surface area contributed by atoms with Gasteiger partial charge in [-0.1, -0.05) is 18.2 Å². The van der Waals surface area contributed by atoms with Crippen LogP contribution in [0.2, 0.25) is 0 Å². The average Bonchev–Trinajstić information content (AvgIpc) is 2.30. The Hall–Kier alpha value is -1.06. The van der Waals surface area contributed by atoms with Gasteiger partial charge < -0.3 is 10.6 Å². The van der Waals surface area contributed by atoms with Crippen molar-refractivity contribution in [3.8, 4) is 0 Å². The number of piperazine rings is 1. The van der Waals surface area contributed by atoms with E-state index in [-0.39, 0.29) is 5.54 Å². The molecule has 0 saturated carbocycles. The van der Waals surface area contributed by atoms with Gasteiger partial charge in [-0.25, -0.2) is 0 Å². The van der Waals surface area contributed by atoms with Crippen LogP contribution in [0.25, 0.3) is 0 Å². The molecule has 1 fully saturated rings. The number of likely N-dealkylation sites (N-methyl/N-ethyl adjacent to an activating group) is 1. The van der Waals surface area contributed by atoms with Crippen LogP contribution in [0.5, 0.6) is 0 Å². The second kappa shape index (κ2) is 5.14. The van der Waals surface area contributed by atoms with Crippen molar-refractivity contribution in [2.24, 2.45) is 5.73 Å². The average molecular weight is 261 g/mol. The van der Waals surface area contributed by atoms with Crippen molar-refractivity contribution in [3.63, 3.8) is 0 Å². The van der Waals surface area contributed by atoms with E-state index in [1.165, 1.54) is 16.8 Å². The highest BCUT2D eigenvalue weighted by atomic mass is 15.3. The summed E-state index contributed by atoms with van der Waals surface area (Å²) in [5.74, 6) is 0. The number of para-hydroxylation sites is 1. The molecule has 2 N–H and O–H groups in total. The fourth-order valence-electron chi connectivity index (χ4n) is 3.30. The number of rotatable bonds is 2. The molecular formula is C16H27N3. The lowest BCUT2D eigenvalue weighted by Crippen LogP contribution is -2.64. The van der Waals surface area contributed by atoms with E-state index in [9.17, 15) is 0 Å². The summed E-state index contributed by atoms with van der Waals surface area (Å²) in [4.78, 5) is 4.94. The maximum atomic E-state index is 5.93. The Labute approximate surface area is 117 Å². The molecule has 106 valence electrons. The lowest BCUT2D eigenvalue weighted by molar-refractivity contribution is 0.155. The van der Waals surface area contributed by atoms with Gasteiger partial charge in [0.2, 0.25) is 0 Å². The molecule has 1 aromatic rings. The van der Waals surface area contributed by atoms with Gasteiger partial charge in [-0.2, -0.15) is 0 Å². The number of aryl methyl sites for hydroxylation is 2. The minimum absolute atomic E-state index is 0.136. The molecule has 19 heavy (non-hydrogen) atoms. The highest BCUT2D eigenvalue weighted by Gasteiger charge is 2.37. The Bertz CT molecular complexity index is 433. The van der Waals surface area contributed by atoms with E-state index in [2.05, 4.69) is 62.7 Å². The molecule has 0 bridgehead atoms. The number of nitrogens with two attached hydrogens (primary N) is 1. The number of benzene rings is 1. The first kappa shape index (κ1) is 14.4. The molecule has 0 spiro atoms. The van der Waals surface area contributed by atoms with Crippen molar-refractivity contribution in [1.29, 1.82) is 0 Å². The Balaban J connectivity index is 2.41. The zero-order valence-electron chi connectivity index (χ0n) is 12.9. The maximum absolute atomic E-state index is 5.93. The Morgan fingerprint density at radius 1 is 1.26 bits per heavy atom. The van der Waals surface area contributed by atoms with Crippen molar-refractivity contribution in [1.82, 2.24) is 4.90 Å². The van der Waals surface area contributed by atoms with Gasteiger partial charge in [0.15, 0.2) is 0 Å². The Morgan fingerprint density at radius 3 is 2.37 bits per heavy atom. The minimum Gasteiger partial charge on any atom is -0.363 e. The van der Waals surface area contributed by atoms with E-state index < -0.39 is 0 Å². The highest BCUT2D eigenvalue weighted by molar-refractivity contribution is 5.61. The first-order valence-corrected chi connectivity index (χ1v) is 7.11. The van der Waals surface area contributed by atoms with Crippen molar-refractivity contribution in [3.05, 3.63) is 29.3 Å². The van der Waals surface area contributed by atoms with Crippen LogP contribution < -0.4 is 10.6 Å². The molecule has 1 aromatic carbocycles. The first-order valence-electron chi connectivity index (χ1n) is 7.11. The van der Waals surface area contributed by atoms with E-state index in [1.807, 2.05) is 0 Å². The molecule has 0 aliphatic carbocycles. The number of hydrogen-bond donors (Lipinski definition) is 1. The van der Waals surface area contributed by atoms with Gasteiger partial charge >= 0.3 is 0 Å². The first-order chi connectivity index (χ1) is 8.86. The summed E-state index contributed by atoms with van der Waals surface area (Å²) in [5, 5.41) is 0. The van der Waals surface area contributed by atoms with E-state index in [4.69, 9.17) is 5.73 Å². The summed E-state index contributed by atoms with van der Waals surface area (Å²) >= 11 is 0. The number of anilines is 1. The summed E-state index contributed by atoms with van der Waals surface area (Å²) in [6, 6.07) is 6.98. The fourth-order valence-corrected chi connectivity index (χ4v) is 3.30. The number of nitrogens with zero attached hydrogens (tertiary/aromatic N) is 2. The molecule has 1 aliphatic heterocycles. The van der Waals surface area contributed by atoms with Crippen LogP contribution in [-0.2, 0) is 0 Å². The molecule has 1 saturated heterocycles. The Morgan fingerprint density at radius 2 is 1.84 bits per heavy atom. The second-order valence-electron chi connectivity index (χ2n) is 6.47. The molecule has 2 rings (SSSR count). The molecule has 1 aliphatic rings. The van der Waals surface area contributed by atoms with Crippen molar-refractivity contribution >= 4 is 5.69 Å². The van der Waals surface area contributed by atoms with Gasteiger partial charge in [0.05, 0.1) is 0 Å². The van der Waals surface area contributed by atoms with Crippen LogP contribution in [-0.4, -0.2) is 43.2 Å². The topological polar surface area (TPSA) is 32.5 Å². The van der Waals surface area contributed by atoms with Crippen LogP contribution in [0, 0.1) is 13.8 Å². The molecule has 0 amide bonds. The van der Waals surface area contributed by atoms with Gasteiger partial charge in [-0.3, -0.25) is 4.90 Å². The molecule has 1 unspecified atom stereocenters. The van der Waals surface area contributed by atoms with Crippen molar-refractivity contribution in [2.45, 2.75) is 39.3 Å². The van der Waals surface area contributed by atoms with E-state index in [0.29, 0.717) is 12.6 Å². The lowest BCUT2D eigenvalue weighted by atomic mass is 9.93. The predicted octanol–water partition coefficient (Wildman–Crippen LogP) is 2.16. The molecule has 3 nitrogen and oxygen atoms in total. The molecule has 3 heteroatoms. The third-order valence-electron chi connectivity index (χ3n) is 4.37. The van der Waals surface area contributed by atoms with Crippen LogP contribution in [0.15, 0.2) is 18.2 Å². The monoisotopic (exact) mass is 261 g/mol. The van der Waals surface area contributed by atoms with Crippen molar-refractivity contribution in [2.75, 3.05) is 31.6 Å². The molecule has 1 heterocycles. The Kier molecular flexibility index (Phi) is 3.88. The fraction of sp³-hybridized carbons (Fsp3) is 0.625. The predicted molar refractivity (Wildman–Crippen MR) is 82.8 cm³/mol. The molecule has 1 atom stereocenters. The standard InChI is InChI=1S/C16H27N3/c1-12-7-6-8-13(2)15(12)19-10-14(9-17)18(5)11-16(19,3)4/h6-8,14H,9-11,17H2,1-5H3. The van der Waals surface area contributed by atoms with E-state index in [0.717, 1.165) is 13.1 Å². The smallest absolute Gasteiger partial charge is 0.0473 e. The van der Waals surface area contributed by atoms with Gasteiger partial charge in [-0.05, 0) is 45.9 Å². The van der Waals surface area contributed by atoms with Crippen molar-refractivity contribution < 1.29 is 0 Å². The van der Waals surface area contributed by atoms with Crippen LogP contribution in [0.1, 0.15) is 25.0 Å². The normalized spacial score (nSPS) is 23.7. The summed E-state index contributed by atoms with van der Waals surface area (Å²) in [5.41, 5.74) is 10.2. The SMILES string of the molecule is Cc1cccc(C)c1N1CC(CN)N(C)CC1(C)C. The highest BCUT2D eigenvalue weighted by Crippen LogP contribution is 2.34. The van der Waals surface area contributed by atoms with Gasteiger partial charge in [0.1, 0.15) is 0 Å². The summed E-state index contributed by atoms with van der Waals surface area (Å²) < 4.78 is 0. The molecular weight excluding hydrogens is 234 g/mol. The minimum atomic E-state index is 0.136. The van der Waals surface area contributed by atoms with Crippen LogP contribution in [0.4, 0.5) is 5.69 Å². The maximum Gasteiger partial charge on any atom is 0.0473 e. The van der Waals surface area contributed by atoms with E-state index >= 15 is 0 Å². The summed E-state index contributed by atoms with van der Waals surface area (Å²) in [6.45, 7) is 11.8. The molecule has 0 aromatic heterocycles. The zero-order valence-corrected chi connectivity index (χ0v) is 12.9. The molecule has 0 radical (unpaired) electrons. The zero-order chi connectivity index (χ0) is 14.2. The summed E-state index contributed by atoms with van der Waals surface area (Å²) in [6.07, 6.45) is 0. The van der Waals surface area contributed by atoms with Gasteiger partial charge in [0, 0.05) is 36.9 Å².